The Morgan fingerprint density at radius 1 is 1.33 bits per heavy atom. The number of likely N-dealkylation sites (tertiary alicyclic amines) is 1. The van der Waals surface area contributed by atoms with Gasteiger partial charge in [-0.25, -0.2) is 0 Å². The zero-order valence-electron chi connectivity index (χ0n) is 12.7. The van der Waals surface area contributed by atoms with Crippen LogP contribution in [0.4, 0.5) is 0 Å². The van der Waals surface area contributed by atoms with E-state index in [9.17, 15) is 0 Å². The van der Waals surface area contributed by atoms with Crippen molar-refractivity contribution in [2.75, 3.05) is 40.3 Å². The highest BCUT2D eigenvalue weighted by Crippen LogP contribution is 2.18. The first-order valence-electron chi connectivity index (χ1n) is 7.00. The van der Waals surface area contributed by atoms with Gasteiger partial charge in [0, 0.05) is 26.2 Å². The summed E-state index contributed by atoms with van der Waals surface area (Å²) in [6.45, 7) is 10.7. The van der Waals surface area contributed by atoms with Gasteiger partial charge in [-0.1, -0.05) is 20.8 Å². The van der Waals surface area contributed by atoms with Gasteiger partial charge in [0.15, 0.2) is 5.96 Å². The van der Waals surface area contributed by atoms with Crippen LogP contribution in [0.2, 0.25) is 0 Å². The second-order valence-corrected chi connectivity index (χ2v) is 6.75. The van der Waals surface area contributed by atoms with Crippen LogP contribution in [0.25, 0.3) is 0 Å². The van der Waals surface area contributed by atoms with Crippen LogP contribution in [0, 0.1) is 11.3 Å². The zero-order valence-corrected chi connectivity index (χ0v) is 12.7. The number of hydrogen-bond donors (Lipinski definition) is 1. The van der Waals surface area contributed by atoms with Crippen molar-refractivity contribution >= 4 is 5.96 Å². The molecular weight excluding hydrogens is 224 g/mol. The number of guanidine groups is 1. The van der Waals surface area contributed by atoms with Crippen LogP contribution in [-0.4, -0.2) is 56.0 Å². The molecule has 0 bridgehead atoms. The summed E-state index contributed by atoms with van der Waals surface area (Å²) in [5.41, 5.74) is 6.27. The van der Waals surface area contributed by atoms with E-state index in [0.717, 1.165) is 38.1 Å². The van der Waals surface area contributed by atoms with E-state index >= 15 is 0 Å². The van der Waals surface area contributed by atoms with Crippen LogP contribution >= 0.6 is 0 Å². The van der Waals surface area contributed by atoms with Crippen LogP contribution in [-0.2, 0) is 0 Å². The number of hydrogen-bond acceptors (Lipinski definition) is 2. The first kappa shape index (κ1) is 15.3. The molecule has 1 rings (SSSR count). The highest BCUT2D eigenvalue weighted by Gasteiger charge is 2.20. The lowest BCUT2D eigenvalue weighted by Crippen LogP contribution is -2.43. The molecule has 0 aromatic carbocycles. The average Bonchev–Trinajstić information content (AvgIpc) is 2.25. The summed E-state index contributed by atoms with van der Waals surface area (Å²) in [4.78, 5) is 9.02. The van der Waals surface area contributed by atoms with Gasteiger partial charge >= 0.3 is 0 Å². The predicted molar refractivity (Wildman–Crippen MR) is 78.8 cm³/mol. The van der Waals surface area contributed by atoms with Crippen LogP contribution in [0.3, 0.4) is 0 Å². The maximum absolute atomic E-state index is 6.09. The Kier molecular flexibility index (Phi) is 5.45. The van der Waals surface area contributed by atoms with E-state index in [0.29, 0.717) is 0 Å². The Hall–Kier alpha value is -0.770. The summed E-state index contributed by atoms with van der Waals surface area (Å²) in [6, 6.07) is 0. The smallest absolute Gasteiger partial charge is 0.191 e. The van der Waals surface area contributed by atoms with Crippen molar-refractivity contribution in [2.45, 2.75) is 33.6 Å². The van der Waals surface area contributed by atoms with Crippen molar-refractivity contribution in [1.29, 1.82) is 0 Å². The van der Waals surface area contributed by atoms with Gasteiger partial charge in [0.2, 0.25) is 0 Å². The maximum atomic E-state index is 6.09. The van der Waals surface area contributed by atoms with E-state index in [2.05, 4.69) is 49.7 Å². The SMILES string of the molecule is CC1CCN(C(N)=NCC(C)(C)CN(C)C)CC1. The molecular formula is C14H30N4. The molecule has 4 nitrogen and oxygen atoms in total. The minimum atomic E-state index is 0.178. The zero-order chi connectivity index (χ0) is 13.8. The fraction of sp³-hybridized carbons (Fsp3) is 0.929. The van der Waals surface area contributed by atoms with E-state index in [1.54, 1.807) is 0 Å². The summed E-state index contributed by atoms with van der Waals surface area (Å²) >= 11 is 0. The Labute approximate surface area is 112 Å². The molecule has 1 fully saturated rings. The molecule has 0 amide bonds. The summed E-state index contributed by atoms with van der Waals surface area (Å²) < 4.78 is 0. The van der Waals surface area contributed by atoms with Gasteiger partial charge in [-0.05, 0) is 38.3 Å². The molecule has 2 N–H and O–H groups in total. The van der Waals surface area contributed by atoms with E-state index in [1.165, 1.54) is 12.8 Å². The van der Waals surface area contributed by atoms with Crippen LogP contribution in [0.15, 0.2) is 4.99 Å². The number of aliphatic imine (C=N–C) groups is 1. The molecule has 0 spiro atoms. The average molecular weight is 254 g/mol. The number of nitrogens with zero attached hydrogens (tertiary/aromatic N) is 3. The maximum Gasteiger partial charge on any atom is 0.191 e. The Morgan fingerprint density at radius 2 is 1.89 bits per heavy atom. The Bertz CT molecular complexity index is 276. The van der Waals surface area contributed by atoms with Gasteiger partial charge in [-0.3, -0.25) is 4.99 Å². The first-order valence-corrected chi connectivity index (χ1v) is 7.00. The molecule has 1 saturated heterocycles. The van der Waals surface area contributed by atoms with Crippen molar-refractivity contribution in [2.24, 2.45) is 22.1 Å². The lowest BCUT2D eigenvalue weighted by Gasteiger charge is -2.32. The van der Waals surface area contributed by atoms with Gasteiger partial charge < -0.3 is 15.5 Å². The van der Waals surface area contributed by atoms with Gasteiger partial charge in [0.05, 0.1) is 0 Å². The second kappa shape index (κ2) is 6.41. The number of nitrogens with two attached hydrogens (primary N) is 1. The largest absolute Gasteiger partial charge is 0.370 e. The molecule has 1 aliphatic rings. The monoisotopic (exact) mass is 254 g/mol. The molecule has 4 heteroatoms. The fourth-order valence-electron chi connectivity index (χ4n) is 2.54. The highest BCUT2D eigenvalue weighted by molar-refractivity contribution is 5.78. The summed E-state index contributed by atoms with van der Waals surface area (Å²) in [7, 11) is 4.20. The molecule has 0 aliphatic carbocycles. The minimum Gasteiger partial charge on any atom is -0.370 e. The van der Waals surface area contributed by atoms with Crippen molar-refractivity contribution in [3.63, 3.8) is 0 Å². The molecule has 0 aromatic heterocycles. The molecule has 1 heterocycles. The van der Waals surface area contributed by atoms with E-state index in [-0.39, 0.29) is 5.41 Å². The molecule has 0 aromatic rings. The Morgan fingerprint density at radius 3 is 2.39 bits per heavy atom. The van der Waals surface area contributed by atoms with Gasteiger partial charge in [-0.2, -0.15) is 0 Å². The van der Waals surface area contributed by atoms with Gasteiger partial charge in [0.1, 0.15) is 0 Å². The third kappa shape index (κ3) is 5.25. The standard InChI is InChI=1S/C14H30N4/c1-12-6-8-18(9-7-12)13(15)16-10-14(2,3)11-17(4)5/h12H,6-11H2,1-5H3,(H2,15,16). The van der Waals surface area contributed by atoms with E-state index < -0.39 is 0 Å². The van der Waals surface area contributed by atoms with Crippen LogP contribution in [0.5, 0.6) is 0 Å². The second-order valence-electron chi connectivity index (χ2n) is 6.75. The molecule has 0 atom stereocenters. The Balaban J connectivity index is 2.46. The quantitative estimate of drug-likeness (QED) is 0.612. The molecule has 106 valence electrons. The number of rotatable bonds is 4. The normalized spacial score (nSPS) is 19.7. The minimum absolute atomic E-state index is 0.178. The first-order chi connectivity index (χ1) is 8.30. The number of piperidine rings is 1. The lowest BCUT2D eigenvalue weighted by molar-refractivity contribution is 0.245. The van der Waals surface area contributed by atoms with Crippen molar-refractivity contribution in [3.05, 3.63) is 0 Å². The third-order valence-corrected chi connectivity index (χ3v) is 3.52. The van der Waals surface area contributed by atoms with Gasteiger partial charge in [0.25, 0.3) is 0 Å². The summed E-state index contributed by atoms with van der Waals surface area (Å²) in [6.07, 6.45) is 2.47. The molecule has 0 radical (unpaired) electrons. The van der Waals surface area contributed by atoms with Gasteiger partial charge in [-0.15, -0.1) is 0 Å². The van der Waals surface area contributed by atoms with Crippen molar-refractivity contribution in [1.82, 2.24) is 9.80 Å². The highest BCUT2D eigenvalue weighted by atomic mass is 15.3. The van der Waals surface area contributed by atoms with E-state index in [1.807, 2.05) is 0 Å². The lowest BCUT2D eigenvalue weighted by atomic mass is 9.93. The topological polar surface area (TPSA) is 44.9 Å². The predicted octanol–water partition coefficient (Wildman–Crippen LogP) is 1.62. The summed E-state index contributed by atoms with van der Waals surface area (Å²) in [5.74, 6) is 1.56. The van der Waals surface area contributed by atoms with Crippen LogP contribution in [0.1, 0.15) is 33.6 Å². The molecule has 0 unspecified atom stereocenters. The molecule has 1 aliphatic heterocycles. The fourth-order valence-corrected chi connectivity index (χ4v) is 2.54. The van der Waals surface area contributed by atoms with Crippen molar-refractivity contribution < 1.29 is 0 Å². The van der Waals surface area contributed by atoms with Crippen LogP contribution < -0.4 is 5.73 Å². The molecule has 0 saturated carbocycles. The third-order valence-electron chi connectivity index (χ3n) is 3.52. The summed E-state index contributed by atoms with van der Waals surface area (Å²) in [5, 5.41) is 0. The van der Waals surface area contributed by atoms with E-state index in [4.69, 9.17) is 5.73 Å². The van der Waals surface area contributed by atoms with Crippen molar-refractivity contribution in [3.8, 4) is 0 Å². The molecule has 18 heavy (non-hydrogen) atoms.